The van der Waals surface area contributed by atoms with E-state index in [-0.39, 0.29) is 18.4 Å². The lowest BCUT2D eigenvalue weighted by Crippen LogP contribution is -2.28. The van der Waals surface area contributed by atoms with Crippen LogP contribution in [0.4, 0.5) is 0 Å². The maximum Gasteiger partial charge on any atom is 0.287 e. The molecule has 0 aliphatic carbocycles. The van der Waals surface area contributed by atoms with E-state index in [2.05, 4.69) is 5.32 Å². The summed E-state index contributed by atoms with van der Waals surface area (Å²) < 4.78 is 5.33. The topological polar surface area (TPSA) is 62.5 Å². The molecule has 2 rings (SSSR count). The molecule has 0 radical (unpaired) electrons. The number of hydrogen-bond donors (Lipinski definition) is 2. The minimum atomic E-state index is -0.196. The maximum absolute atomic E-state index is 12.2. The molecular formula is C17H21NO3S. The van der Waals surface area contributed by atoms with Crippen LogP contribution in [0.1, 0.15) is 29.5 Å². The monoisotopic (exact) mass is 319 g/mol. The van der Waals surface area contributed by atoms with E-state index < -0.39 is 0 Å². The van der Waals surface area contributed by atoms with E-state index >= 15 is 0 Å². The van der Waals surface area contributed by atoms with Crippen molar-refractivity contribution >= 4 is 17.7 Å². The first-order valence-corrected chi connectivity index (χ1v) is 8.32. The molecule has 1 unspecified atom stereocenters. The third-order valence-electron chi connectivity index (χ3n) is 3.32. The van der Waals surface area contributed by atoms with E-state index in [9.17, 15) is 4.79 Å². The molecule has 1 aromatic carbocycles. The number of aliphatic hydroxyl groups is 1. The smallest absolute Gasteiger partial charge is 0.287 e. The van der Waals surface area contributed by atoms with Gasteiger partial charge in [-0.25, -0.2) is 0 Å². The van der Waals surface area contributed by atoms with E-state index in [1.807, 2.05) is 43.3 Å². The van der Waals surface area contributed by atoms with Crippen molar-refractivity contribution in [1.82, 2.24) is 5.32 Å². The standard InChI is InChI=1S/C17H21NO3S/c1-13(7-9-19)11-18-17(20)16-14(8-10-21-16)12-22-15-5-3-2-4-6-15/h2-6,8,10,13,19H,7,9,11-12H2,1H3,(H,18,20). The lowest BCUT2D eigenvalue weighted by atomic mass is 10.1. The van der Waals surface area contributed by atoms with Gasteiger partial charge in [0.15, 0.2) is 5.76 Å². The van der Waals surface area contributed by atoms with Crippen LogP contribution in [0.5, 0.6) is 0 Å². The van der Waals surface area contributed by atoms with Crippen molar-refractivity contribution in [3.8, 4) is 0 Å². The Morgan fingerprint density at radius 2 is 2.09 bits per heavy atom. The molecule has 1 amide bonds. The second kappa shape index (κ2) is 8.66. The van der Waals surface area contributed by atoms with E-state index in [4.69, 9.17) is 9.52 Å². The summed E-state index contributed by atoms with van der Waals surface area (Å²) in [5.74, 6) is 1.11. The predicted octanol–water partition coefficient (Wildman–Crippen LogP) is 3.32. The summed E-state index contributed by atoms with van der Waals surface area (Å²) in [5, 5.41) is 11.7. The van der Waals surface area contributed by atoms with Crippen LogP contribution in [0.25, 0.3) is 0 Å². The first-order valence-electron chi connectivity index (χ1n) is 7.34. The van der Waals surface area contributed by atoms with Crippen LogP contribution in [-0.2, 0) is 5.75 Å². The van der Waals surface area contributed by atoms with Gasteiger partial charge in [-0.15, -0.1) is 11.8 Å². The van der Waals surface area contributed by atoms with Crippen molar-refractivity contribution in [2.24, 2.45) is 5.92 Å². The highest BCUT2D eigenvalue weighted by Gasteiger charge is 2.16. The van der Waals surface area contributed by atoms with Crippen molar-refractivity contribution in [2.75, 3.05) is 13.2 Å². The summed E-state index contributed by atoms with van der Waals surface area (Å²) in [5.41, 5.74) is 0.890. The van der Waals surface area contributed by atoms with E-state index in [1.165, 1.54) is 0 Å². The maximum atomic E-state index is 12.2. The highest BCUT2D eigenvalue weighted by Crippen LogP contribution is 2.24. The normalized spacial score (nSPS) is 12.1. The van der Waals surface area contributed by atoms with Crippen molar-refractivity contribution < 1.29 is 14.3 Å². The minimum Gasteiger partial charge on any atom is -0.459 e. The Bertz CT molecular complexity index is 583. The van der Waals surface area contributed by atoms with Gasteiger partial charge >= 0.3 is 0 Å². The van der Waals surface area contributed by atoms with E-state index in [0.717, 1.165) is 10.5 Å². The number of aliphatic hydroxyl groups excluding tert-OH is 1. The number of benzene rings is 1. The Morgan fingerprint density at radius 3 is 2.82 bits per heavy atom. The van der Waals surface area contributed by atoms with Gasteiger partial charge in [-0.3, -0.25) is 4.79 Å². The molecular weight excluding hydrogens is 298 g/mol. The molecule has 0 aliphatic rings. The zero-order chi connectivity index (χ0) is 15.8. The van der Waals surface area contributed by atoms with Crippen LogP contribution in [0.3, 0.4) is 0 Å². The zero-order valence-corrected chi connectivity index (χ0v) is 13.4. The van der Waals surface area contributed by atoms with E-state index in [0.29, 0.717) is 24.5 Å². The van der Waals surface area contributed by atoms with Crippen molar-refractivity contribution in [3.05, 3.63) is 54.0 Å². The first kappa shape index (κ1) is 16.6. The number of rotatable bonds is 8. The quantitative estimate of drug-likeness (QED) is 0.733. The van der Waals surface area contributed by atoms with Gasteiger partial charge in [0.25, 0.3) is 5.91 Å². The number of carbonyl (C=O) groups is 1. The number of carbonyl (C=O) groups excluding carboxylic acids is 1. The lowest BCUT2D eigenvalue weighted by molar-refractivity contribution is 0.0916. The summed E-state index contributed by atoms with van der Waals surface area (Å²) in [6, 6.07) is 11.9. The van der Waals surface area contributed by atoms with Gasteiger partial charge in [0.1, 0.15) is 0 Å². The average molecular weight is 319 g/mol. The molecule has 0 fully saturated rings. The molecule has 5 heteroatoms. The molecule has 4 nitrogen and oxygen atoms in total. The van der Waals surface area contributed by atoms with Crippen LogP contribution < -0.4 is 5.32 Å². The van der Waals surface area contributed by atoms with Crippen molar-refractivity contribution in [1.29, 1.82) is 0 Å². The van der Waals surface area contributed by atoms with Gasteiger partial charge in [-0.2, -0.15) is 0 Å². The van der Waals surface area contributed by atoms with Crippen LogP contribution in [0.15, 0.2) is 52.0 Å². The number of furan rings is 1. The lowest BCUT2D eigenvalue weighted by Gasteiger charge is -2.10. The Hall–Kier alpha value is -1.72. The Morgan fingerprint density at radius 1 is 1.32 bits per heavy atom. The third-order valence-corrected chi connectivity index (χ3v) is 4.38. The van der Waals surface area contributed by atoms with Crippen LogP contribution >= 0.6 is 11.8 Å². The molecule has 1 aromatic heterocycles. The predicted molar refractivity (Wildman–Crippen MR) is 87.9 cm³/mol. The molecule has 118 valence electrons. The molecule has 1 heterocycles. The molecule has 1 atom stereocenters. The number of hydrogen-bond acceptors (Lipinski definition) is 4. The first-order chi connectivity index (χ1) is 10.7. The van der Waals surface area contributed by atoms with Crippen LogP contribution in [0.2, 0.25) is 0 Å². The summed E-state index contributed by atoms with van der Waals surface area (Å²) in [4.78, 5) is 13.3. The number of amides is 1. The number of thioether (sulfide) groups is 1. The highest BCUT2D eigenvalue weighted by molar-refractivity contribution is 7.98. The molecule has 0 saturated heterocycles. The van der Waals surface area contributed by atoms with Gasteiger partial charge in [-0.1, -0.05) is 25.1 Å². The fourth-order valence-electron chi connectivity index (χ4n) is 2.00. The zero-order valence-electron chi connectivity index (χ0n) is 12.6. The molecule has 2 N–H and O–H groups in total. The molecule has 0 spiro atoms. The molecule has 0 saturated carbocycles. The summed E-state index contributed by atoms with van der Waals surface area (Å²) in [7, 11) is 0. The summed E-state index contributed by atoms with van der Waals surface area (Å²) in [6.07, 6.45) is 2.22. The van der Waals surface area contributed by atoms with Gasteiger partial charge in [0.05, 0.1) is 6.26 Å². The Labute approximate surface area is 134 Å². The largest absolute Gasteiger partial charge is 0.459 e. The summed E-state index contributed by atoms with van der Waals surface area (Å²) >= 11 is 1.67. The summed E-state index contributed by atoms with van der Waals surface area (Å²) in [6.45, 7) is 2.66. The molecule has 22 heavy (non-hydrogen) atoms. The second-order valence-corrected chi connectivity index (χ2v) is 6.25. The Kier molecular flexibility index (Phi) is 6.55. The van der Waals surface area contributed by atoms with Crippen molar-refractivity contribution in [2.45, 2.75) is 24.0 Å². The highest BCUT2D eigenvalue weighted by atomic mass is 32.2. The average Bonchev–Trinajstić information content (AvgIpc) is 3.00. The second-order valence-electron chi connectivity index (χ2n) is 5.20. The van der Waals surface area contributed by atoms with E-state index in [1.54, 1.807) is 18.0 Å². The SMILES string of the molecule is CC(CCO)CNC(=O)c1occc1CSc1ccccc1. The van der Waals surface area contributed by atoms with Gasteiger partial charge in [-0.05, 0) is 30.5 Å². The molecule has 2 aromatic rings. The Balaban J connectivity index is 1.90. The van der Waals surface area contributed by atoms with Gasteiger partial charge < -0.3 is 14.8 Å². The number of nitrogens with one attached hydrogen (secondary N) is 1. The fraction of sp³-hybridized carbons (Fsp3) is 0.353. The minimum absolute atomic E-state index is 0.136. The molecule has 0 aliphatic heterocycles. The molecule has 0 bridgehead atoms. The van der Waals surface area contributed by atoms with Gasteiger partial charge in [0.2, 0.25) is 0 Å². The third kappa shape index (κ3) is 4.93. The van der Waals surface area contributed by atoms with Gasteiger partial charge in [0, 0.05) is 29.4 Å². The van der Waals surface area contributed by atoms with Crippen LogP contribution in [0, 0.1) is 5.92 Å². The van der Waals surface area contributed by atoms with Crippen molar-refractivity contribution in [3.63, 3.8) is 0 Å². The van der Waals surface area contributed by atoms with Crippen LogP contribution in [-0.4, -0.2) is 24.2 Å². The fourth-order valence-corrected chi connectivity index (χ4v) is 2.90.